The van der Waals surface area contributed by atoms with E-state index in [1.54, 1.807) is 12.1 Å². The lowest BCUT2D eigenvalue weighted by molar-refractivity contribution is 0.00578. The molecular formula is C24H25BFNO2. The molecule has 1 aliphatic rings. The summed E-state index contributed by atoms with van der Waals surface area (Å²) in [6.07, 6.45) is 0. The van der Waals surface area contributed by atoms with Crippen molar-refractivity contribution in [3.05, 3.63) is 78.6 Å². The van der Waals surface area contributed by atoms with Crippen molar-refractivity contribution in [3.63, 3.8) is 0 Å². The highest BCUT2D eigenvalue weighted by Gasteiger charge is 2.51. The van der Waals surface area contributed by atoms with Gasteiger partial charge in [0.15, 0.2) is 0 Å². The van der Waals surface area contributed by atoms with Gasteiger partial charge in [0, 0.05) is 11.4 Å². The molecule has 0 unspecified atom stereocenters. The molecule has 5 heteroatoms. The summed E-state index contributed by atoms with van der Waals surface area (Å²) in [5, 5.41) is 3.40. The third kappa shape index (κ3) is 4.07. The van der Waals surface area contributed by atoms with Crippen molar-refractivity contribution >= 4 is 24.0 Å². The molecule has 0 amide bonds. The van der Waals surface area contributed by atoms with Crippen molar-refractivity contribution < 1.29 is 13.7 Å². The fourth-order valence-electron chi connectivity index (χ4n) is 3.26. The monoisotopic (exact) mass is 389 g/mol. The van der Waals surface area contributed by atoms with E-state index in [-0.39, 0.29) is 24.1 Å². The van der Waals surface area contributed by atoms with Crippen molar-refractivity contribution in [2.45, 2.75) is 38.9 Å². The Kier molecular flexibility index (Phi) is 4.97. The van der Waals surface area contributed by atoms with E-state index in [0.717, 1.165) is 28.0 Å². The molecule has 0 aromatic heterocycles. The normalized spacial score (nSPS) is 17.3. The van der Waals surface area contributed by atoms with Gasteiger partial charge < -0.3 is 14.6 Å². The van der Waals surface area contributed by atoms with Gasteiger partial charge >= 0.3 is 7.12 Å². The number of benzene rings is 3. The topological polar surface area (TPSA) is 30.5 Å². The van der Waals surface area contributed by atoms with Crippen molar-refractivity contribution in [2.24, 2.45) is 0 Å². The minimum absolute atomic E-state index is 0.226. The molecule has 1 aliphatic heterocycles. The van der Waals surface area contributed by atoms with Crippen LogP contribution in [0.4, 0.5) is 15.8 Å². The van der Waals surface area contributed by atoms with Gasteiger partial charge in [-0.2, -0.15) is 0 Å². The lowest BCUT2D eigenvalue weighted by Crippen LogP contribution is -2.41. The number of anilines is 2. The highest BCUT2D eigenvalue weighted by atomic mass is 19.1. The maximum atomic E-state index is 13.1. The molecule has 29 heavy (non-hydrogen) atoms. The SMILES string of the molecule is CC1(C)OB(c2ccc(Nc3ccc(-c4ccc(F)cc4)cc3)cc2)OC1(C)C. The zero-order valence-corrected chi connectivity index (χ0v) is 17.2. The average molecular weight is 389 g/mol. The van der Waals surface area contributed by atoms with E-state index in [1.165, 1.54) is 12.1 Å². The van der Waals surface area contributed by atoms with Gasteiger partial charge in [0.25, 0.3) is 0 Å². The maximum Gasteiger partial charge on any atom is 0.494 e. The van der Waals surface area contributed by atoms with Crippen LogP contribution in [-0.4, -0.2) is 18.3 Å². The molecule has 0 radical (unpaired) electrons. The van der Waals surface area contributed by atoms with E-state index in [1.807, 2.05) is 48.5 Å². The smallest absolute Gasteiger partial charge is 0.399 e. The predicted molar refractivity (Wildman–Crippen MR) is 117 cm³/mol. The highest BCUT2D eigenvalue weighted by molar-refractivity contribution is 6.62. The van der Waals surface area contributed by atoms with Gasteiger partial charge in [0.05, 0.1) is 11.2 Å². The molecule has 0 bridgehead atoms. The Morgan fingerprint density at radius 3 is 1.55 bits per heavy atom. The molecule has 3 aromatic rings. The third-order valence-electron chi connectivity index (χ3n) is 5.79. The van der Waals surface area contributed by atoms with E-state index < -0.39 is 0 Å². The summed E-state index contributed by atoms with van der Waals surface area (Å²) in [6.45, 7) is 8.22. The van der Waals surface area contributed by atoms with E-state index in [2.05, 4.69) is 33.0 Å². The predicted octanol–water partition coefficient (Wildman–Crippen LogP) is 5.54. The fraction of sp³-hybridized carbons (Fsp3) is 0.250. The van der Waals surface area contributed by atoms with E-state index in [0.29, 0.717) is 0 Å². The minimum atomic E-state index is -0.357. The van der Waals surface area contributed by atoms with Crippen molar-refractivity contribution in [1.29, 1.82) is 0 Å². The Bertz CT molecular complexity index is 967. The lowest BCUT2D eigenvalue weighted by atomic mass is 9.79. The minimum Gasteiger partial charge on any atom is -0.399 e. The van der Waals surface area contributed by atoms with Crippen molar-refractivity contribution in [2.75, 3.05) is 5.32 Å². The molecule has 1 heterocycles. The van der Waals surface area contributed by atoms with Crippen LogP contribution in [0.5, 0.6) is 0 Å². The summed E-state index contributed by atoms with van der Waals surface area (Å²) < 4.78 is 25.3. The van der Waals surface area contributed by atoms with Gasteiger partial charge in [0.1, 0.15) is 5.82 Å². The van der Waals surface area contributed by atoms with Crippen LogP contribution in [0, 0.1) is 5.82 Å². The van der Waals surface area contributed by atoms with Crippen LogP contribution >= 0.6 is 0 Å². The second-order valence-electron chi connectivity index (χ2n) is 8.42. The first-order valence-electron chi connectivity index (χ1n) is 9.82. The second-order valence-corrected chi connectivity index (χ2v) is 8.42. The molecular weight excluding hydrogens is 364 g/mol. The molecule has 0 aliphatic carbocycles. The van der Waals surface area contributed by atoms with Crippen molar-refractivity contribution in [3.8, 4) is 11.1 Å². The Labute approximate surface area is 172 Å². The molecule has 1 N–H and O–H groups in total. The first-order chi connectivity index (χ1) is 13.7. The summed E-state index contributed by atoms with van der Waals surface area (Å²) in [4.78, 5) is 0. The van der Waals surface area contributed by atoms with Crippen LogP contribution in [-0.2, 0) is 9.31 Å². The van der Waals surface area contributed by atoms with Gasteiger partial charge in [-0.3, -0.25) is 0 Å². The zero-order chi connectivity index (χ0) is 20.6. The van der Waals surface area contributed by atoms with Gasteiger partial charge in [-0.05, 0) is 80.7 Å². The Balaban J connectivity index is 1.43. The molecule has 0 atom stereocenters. The third-order valence-corrected chi connectivity index (χ3v) is 5.79. The van der Waals surface area contributed by atoms with E-state index >= 15 is 0 Å². The first kappa shape index (κ1) is 19.7. The van der Waals surface area contributed by atoms with Gasteiger partial charge in [-0.15, -0.1) is 0 Å². The van der Waals surface area contributed by atoms with Gasteiger partial charge in [0.2, 0.25) is 0 Å². The molecule has 3 aromatic carbocycles. The number of rotatable bonds is 4. The molecule has 0 spiro atoms. The molecule has 148 valence electrons. The quantitative estimate of drug-likeness (QED) is 0.595. The molecule has 1 saturated heterocycles. The number of hydrogen-bond donors (Lipinski definition) is 1. The Morgan fingerprint density at radius 2 is 1.07 bits per heavy atom. The summed E-state index contributed by atoms with van der Waals surface area (Å²) in [5.41, 5.74) is 4.32. The van der Waals surface area contributed by atoms with E-state index in [9.17, 15) is 4.39 Å². The molecule has 4 rings (SSSR count). The molecule has 1 fully saturated rings. The molecule has 3 nitrogen and oxygen atoms in total. The highest BCUT2D eigenvalue weighted by Crippen LogP contribution is 2.36. The van der Waals surface area contributed by atoms with Crippen LogP contribution in [0.15, 0.2) is 72.8 Å². The van der Waals surface area contributed by atoms with Gasteiger partial charge in [-0.25, -0.2) is 4.39 Å². The largest absolute Gasteiger partial charge is 0.494 e. The molecule has 0 saturated carbocycles. The number of halogens is 1. The lowest BCUT2D eigenvalue weighted by Gasteiger charge is -2.32. The summed E-state index contributed by atoms with van der Waals surface area (Å²) in [6, 6.07) is 22.7. The van der Waals surface area contributed by atoms with Crippen LogP contribution in [0.2, 0.25) is 0 Å². The summed E-state index contributed by atoms with van der Waals surface area (Å²) in [7, 11) is -0.357. The summed E-state index contributed by atoms with van der Waals surface area (Å²) in [5.74, 6) is -0.226. The number of hydrogen-bond acceptors (Lipinski definition) is 3. The van der Waals surface area contributed by atoms with Crippen LogP contribution in [0.3, 0.4) is 0 Å². The Hall–Kier alpha value is -2.63. The van der Waals surface area contributed by atoms with Gasteiger partial charge in [-0.1, -0.05) is 36.4 Å². The zero-order valence-electron chi connectivity index (χ0n) is 17.2. The Morgan fingerprint density at radius 1 is 0.655 bits per heavy atom. The van der Waals surface area contributed by atoms with Crippen LogP contribution in [0.25, 0.3) is 11.1 Å². The summed E-state index contributed by atoms with van der Waals surface area (Å²) >= 11 is 0. The van der Waals surface area contributed by atoms with E-state index in [4.69, 9.17) is 9.31 Å². The van der Waals surface area contributed by atoms with Crippen molar-refractivity contribution in [1.82, 2.24) is 0 Å². The first-order valence-corrected chi connectivity index (χ1v) is 9.82. The fourth-order valence-corrected chi connectivity index (χ4v) is 3.26. The average Bonchev–Trinajstić information content (AvgIpc) is 2.91. The van der Waals surface area contributed by atoms with Crippen LogP contribution in [0.1, 0.15) is 27.7 Å². The standard InChI is InChI=1S/C24H25BFNO2/c1-23(2)24(3,4)29-25(28-23)19-9-15-22(16-10-19)27-21-13-7-18(8-14-21)17-5-11-20(26)12-6-17/h5-16,27H,1-4H3. The maximum absolute atomic E-state index is 13.1. The number of nitrogens with one attached hydrogen (secondary N) is 1. The second kappa shape index (κ2) is 7.32. The van der Waals surface area contributed by atoms with Crippen LogP contribution < -0.4 is 10.8 Å².